The van der Waals surface area contributed by atoms with Gasteiger partial charge in [0.25, 0.3) is 5.69 Å². The van der Waals surface area contributed by atoms with Crippen molar-refractivity contribution in [3.8, 4) is 0 Å². The summed E-state index contributed by atoms with van der Waals surface area (Å²) in [5.74, 6) is 0. The summed E-state index contributed by atoms with van der Waals surface area (Å²) in [6.45, 7) is 4.56. The van der Waals surface area contributed by atoms with Crippen molar-refractivity contribution in [1.29, 1.82) is 0 Å². The highest BCUT2D eigenvalue weighted by atomic mass is 16.6. The highest BCUT2D eigenvalue weighted by Gasteiger charge is 2.11. The standard InChI is InChI=1S/C13H17NO3/c1-2-3-4-7-10-17-11-12-8-5-6-9-13(12)14(15)16/h2,5-6,8-9H,1,3-4,7,10-11H2. The quantitative estimate of drug-likeness (QED) is 0.300. The lowest BCUT2D eigenvalue weighted by Crippen LogP contribution is -1.99. The van der Waals surface area contributed by atoms with E-state index in [0.717, 1.165) is 19.3 Å². The summed E-state index contributed by atoms with van der Waals surface area (Å²) in [5, 5.41) is 10.7. The van der Waals surface area contributed by atoms with Gasteiger partial charge in [-0.1, -0.05) is 18.2 Å². The Morgan fingerprint density at radius 2 is 2.12 bits per heavy atom. The van der Waals surface area contributed by atoms with Crippen LogP contribution in [0.4, 0.5) is 5.69 Å². The van der Waals surface area contributed by atoms with Gasteiger partial charge in [-0.3, -0.25) is 10.1 Å². The number of ether oxygens (including phenoxy) is 1. The van der Waals surface area contributed by atoms with E-state index in [1.807, 2.05) is 6.08 Å². The molecular formula is C13H17NO3. The zero-order valence-electron chi connectivity index (χ0n) is 9.80. The monoisotopic (exact) mass is 235 g/mol. The highest BCUT2D eigenvalue weighted by molar-refractivity contribution is 5.39. The molecule has 0 saturated heterocycles. The molecule has 0 aliphatic heterocycles. The molecule has 0 aromatic heterocycles. The van der Waals surface area contributed by atoms with E-state index in [2.05, 4.69) is 6.58 Å². The maximum Gasteiger partial charge on any atom is 0.274 e. The fraction of sp³-hybridized carbons (Fsp3) is 0.385. The molecule has 0 atom stereocenters. The summed E-state index contributed by atoms with van der Waals surface area (Å²) in [6.07, 6.45) is 4.85. The second kappa shape index (κ2) is 7.57. The minimum absolute atomic E-state index is 0.124. The van der Waals surface area contributed by atoms with Gasteiger partial charge in [0.2, 0.25) is 0 Å². The average Bonchev–Trinajstić information content (AvgIpc) is 2.34. The van der Waals surface area contributed by atoms with Gasteiger partial charge in [-0.15, -0.1) is 6.58 Å². The predicted molar refractivity (Wildman–Crippen MR) is 66.8 cm³/mol. The van der Waals surface area contributed by atoms with Crippen molar-refractivity contribution < 1.29 is 9.66 Å². The number of unbranched alkanes of at least 4 members (excludes halogenated alkanes) is 2. The fourth-order valence-corrected chi connectivity index (χ4v) is 1.49. The van der Waals surface area contributed by atoms with Crippen LogP contribution in [0.3, 0.4) is 0 Å². The Hall–Kier alpha value is -1.68. The first-order chi connectivity index (χ1) is 8.25. The minimum atomic E-state index is -0.379. The number of benzene rings is 1. The normalized spacial score (nSPS) is 10.1. The number of hydrogen-bond acceptors (Lipinski definition) is 3. The molecule has 0 radical (unpaired) electrons. The van der Waals surface area contributed by atoms with E-state index in [0.29, 0.717) is 18.8 Å². The van der Waals surface area contributed by atoms with Crippen molar-refractivity contribution in [3.05, 3.63) is 52.6 Å². The lowest BCUT2D eigenvalue weighted by molar-refractivity contribution is -0.385. The summed E-state index contributed by atoms with van der Waals surface area (Å²) in [6, 6.07) is 6.66. The molecule has 1 aromatic rings. The molecule has 0 saturated carbocycles. The number of hydrogen-bond donors (Lipinski definition) is 0. The number of rotatable bonds is 8. The Morgan fingerprint density at radius 3 is 2.82 bits per heavy atom. The Kier molecular flexibility index (Phi) is 5.96. The molecule has 17 heavy (non-hydrogen) atoms. The van der Waals surface area contributed by atoms with Crippen molar-refractivity contribution >= 4 is 5.69 Å². The van der Waals surface area contributed by atoms with Crippen molar-refractivity contribution in [2.24, 2.45) is 0 Å². The van der Waals surface area contributed by atoms with Crippen LogP contribution in [0.2, 0.25) is 0 Å². The van der Waals surface area contributed by atoms with Crippen LogP contribution in [0.25, 0.3) is 0 Å². The van der Waals surface area contributed by atoms with E-state index in [1.165, 1.54) is 6.07 Å². The number of allylic oxidation sites excluding steroid dienone is 1. The topological polar surface area (TPSA) is 52.4 Å². The predicted octanol–water partition coefficient (Wildman–Crippen LogP) is 3.47. The van der Waals surface area contributed by atoms with Gasteiger partial charge in [-0.05, 0) is 25.3 Å². The molecule has 0 bridgehead atoms. The number of nitro groups is 1. The molecule has 4 nitrogen and oxygen atoms in total. The van der Waals surface area contributed by atoms with Crippen LogP contribution in [-0.4, -0.2) is 11.5 Å². The SMILES string of the molecule is C=CCCCCOCc1ccccc1[N+](=O)[O-]. The molecule has 92 valence electrons. The van der Waals surface area contributed by atoms with Crippen molar-refractivity contribution in [1.82, 2.24) is 0 Å². The summed E-state index contributed by atoms with van der Waals surface area (Å²) in [5.41, 5.74) is 0.750. The summed E-state index contributed by atoms with van der Waals surface area (Å²) < 4.78 is 5.42. The van der Waals surface area contributed by atoms with Crippen molar-refractivity contribution in [2.45, 2.75) is 25.9 Å². The molecule has 0 aliphatic carbocycles. The second-order valence-corrected chi connectivity index (χ2v) is 3.72. The van der Waals surface area contributed by atoms with Gasteiger partial charge in [-0.25, -0.2) is 0 Å². The maximum absolute atomic E-state index is 10.7. The van der Waals surface area contributed by atoms with Gasteiger partial charge < -0.3 is 4.74 Å². The average molecular weight is 235 g/mol. The van der Waals surface area contributed by atoms with Gasteiger partial charge in [0.05, 0.1) is 17.1 Å². The third-order valence-electron chi connectivity index (χ3n) is 2.39. The van der Waals surface area contributed by atoms with E-state index >= 15 is 0 Å². The molecule has 1 rings (SSSR count). The smallest absolute Gasteiger partial charge is 0.274 e. The summed E-state index contributed by atoms with van der Waals surface area (Å²) >= 11 is 0. The van der Waals surface area contributed by atoms with Gasteiger partial charge in [-0.2, -0.15) is 0 Å². The van der Waals surface area contributed by atoms with Gasteiger partial charge in [0.1, 0.15) is 0 Å². The maximum atomic E-state index is 10.7. The van der Waals surface area contributed by atoms with Crippen LogP contribution in [0, 0.1) is 10.1 Å². The van der Waals surface area contributed by atoms with E-state index in [9.17, 15) is 10.1 Å². The zero-order chi connectivity index (χ0) is 12.5. The lowest BCUT2D eigenvalue weighted by Gasteiger charge is -2.04. The largest absolute Gasteiger partial charge is 0.377 e. The van der Waals surface area contributed by atoms with E-state index < -0.39 is 0 Å². The first-order valence-electron chi connectivity index (χ1n) is 5.66. The molecular weight excluding hydrogens is 218 g/mol. The van der Waals surface area contributed by atoms with Crippen molar-refractivity contribution in [3.63, 3.8) is 0 Å². The summed E-state index contributed by atoms with van der Waals surface area (Å²) in [4.78, 5) is 10.4. The van der Waals surface area contributed by atoms with Gasteiger partial charge in [0, 0.05) is 12.7 Å². The first-order valence-corrected chi connectivity index (χ1v) is 5.66. The Morgan fingerprint density at radius 1 is 1.35 bits per heavy atom. The zero-order valence-corrected chi connectivity index (χ0v) is 9.80. The third kappa shape index (κ3) is 4.78. The molecule has 0 unspecified atom stereocenters. The highest BCUT2D eigenvalue weighted by Crippen LogP contribution is 2.18. The van der Waals surface area contributed by atoms with Gasteiger partial charge in [0.15, 0.2) is 0 Å². The molecule has 0 amide bonds. The number of nitro benzene ring substituents is 1. The number of para-hydroxylation sites is 1. The van der Waals surface area contributed by atoms with E-state index in [1.54, 1.807) is 18.2 Å². The molecule has 0 heterocycles. The fourth-order valence-electron chi connectivity index (χ4n) is 1.49. The Bertz CT molecular complexity index is 377. The van der Waals surface area contributed by atoms with Crippen LogP contribution in [0.1, 0.15) is 24.8 Å². The first kappa shape index (κ1) is 13.4. The molecule has 0 spiro atoms. The third-order valence-corrected chi connectivity index (χ3v) is 2.39. The van der Waals surface area contributed by atoms with Crippen molar-refractivity contribution in [2.75, 3.05) is 6.61 Å². The van der Waals surface area contributed by atoms with E-state index in [-0.39, 0.29) is 10.6 Å². The van der Waals surface area contributed by atoms with Gasteiger partial charge >= 0.3 is 0 Å². The van der Waals surface area contributed by atoms with Crippen LogP contribution in [0.5, 0.6) is 0 Å². The van der Waals surface area contributed by atoms with Crippen LogP contribution >= 0.6 is 0 Å². The molecule has 0 N–H and O–H groups in total. The van der Waals surface area contributed by atoms with Crippen LogP contribution in [0.15, 0.2) is 36.9 Å². The summed E-state index contributed by atoms with van der Waals surface area (Å²) in [7, 11) is 0. The van der Waals surface area contributed by atoms with Crippen LogP contribution < -0.4 is 0 Å². The Labute approximate surface area is 101 Å². The molecule has 4 heteroatoms. The minimum Gasteiger partial charge on any atom is -0.377 e. The molecule has 0 aliphatic rings. The van der Waals surface area contributed by atoms with Crippen LogP contribution in [-0.2, 0) is 11.3 Å². The van der Waals surface area contributed by atoms with E-state index in [4.69, 9.17) is 4.74 Å². The molecule has 1 aromatic carbocycles. The lowest BCUT2D eigenvalue weighted by atomic mass is 10.2. The molecule has 0 fully saturated rings. The second-order valence-electron chi connectivity index (χ2n) is 3.72. The number of nitrogens with zero attached hydrogens (tertiary/aromatic N) is 1. The Balaban J connectivity index is 2.36.